The van der Waals surface area contributed by atoms with Crippen LogP contribution in [0.2, 0.25) is 0 Å². The van der Waals surface area contributed by atoms with Crippen molar-refractivity contribution in [3.8, 4) is 5.75 Å². The molecule has 1 aromatic carbocycles. The van der Waals surface area contributed by atoms with Crippen LogP contribution in [0.1, 0.15) is 30.1 Å². The first kappa shape index (κ1) is 15.0. The second kappa shape index (κ2) is 6.84. The van der Waals surface area contributed by atoms with Gasteiger partial charge in [0, 0.05) is 4.90 Å². The molecule has 2 rings (SSSR count). The average molecular weight is 292 g/mol. The first-order chi connectivity index (χ1) is 9.63. The number of hydrogen-bond donors (Lipinski definition) is 1. The normalized spacial score (nSPS) is 21.7. The zero-order chi connectivity index (χ0) is 14.5. The summed E-state index contributed by atoms with van der Waals surface area (Å²) in [4.78, 5) is 12.2. The molecular weight excluding hydrogens is 272 g/mol. The van der Waals surface area contributed by atoms with E-state index in [-0.39, 0.29) is 5.56 Å². The van der Waals surface area contributed by atoms with Crippen molar-refractivity contribution in [2.75, 3.05) is 12.9 Å². The van der Waals surface area contributed by atoms with E-state index in [4.69, 9.17) is 4.74 Å². The molecule has 0 fully saturated rings. The van der Waals surface area contributed by atoms with Crippen molar-refractivity contribution in [2.45, 2.75) is 24.7 Å². The number of rotatable bonds is 5. The van der Waals surface area contributed by atoms with Crippen LogP contribution >= 0.6 is 11.8 Å². The molecule has 0 aliphatic heterocycles. The first-order valence-corrected chi connectivity index (χ1v) is 8.04. The number of carbonyl (C=O) groups is 1. The van der Waals surface area contributed by atoms with E-state index in [2.05, 4.69) is 19.1 Å². The highest BCUT2D eigenvalue weighted by molar-refractivity contribution is 7.98. The van der Waals surface area contributed by atoms with Gasteiger partial charge in [-0.2, -0.15) is 0 Å². The predicted octanol–water partition coefficient (Wildman–Crippen LogP) is 4.09. The fraction of sp³-hybridized carbons (Fsp3) is 0.438. The summed E-state index contributed by atoms with van der Waals surface area (Å²) >= 11 is 1.43. The van der Waals surface area contributed by atoms with E-state index in [0.717, 1.165) is 17.7 Å². The maximum Gasteiger partial charge on any atom is 0.340 e. The number of hydrogen-bond acceptors (Lipinski definition) is 3. The lowest BCUT2D eigenvalue weighted by molar-refractivity contribution is 0.0686. The lowest BCUT2D eigenvalue weighted by Crippen LogP contribution is -2.21. The van der Waals surface area contributed by atoms with Gasteiger partial charge in [0.1, 0.15) is 11.3 Å². The Hall–Kier alpha value is -1.42. The van der Waals surface area contributed by atoms with Crippen LogP contribution in [-0.2, 0) is 0 Å². The van der Waals surface area contributed by atoms with E-state index in [1.165, 1.54) is 11.8 Å². The highest BCUT2D eigenvalue weighted by Gasteiger charge is 2.21. The molecule has 20 heavy (non-hydrogen) atoms. The Balaban J connectivity index is 2.13. The smallest absolute Gasteiger partial charge is 0.340 e. The van der Waals surface area contributed by atoms with Gasteiger partial charge < -0.3 is 9.84 Å². The molecule has 3 nitrogen and oxygen atoms in total. The monoisotopic (exact) mass is 292 g/mol. The van der Waals surface area contributed by atoms with E-state index < -0.39 is 5.97 Å². The number of allylic oxidation sites excluding steroid dienone is 2. The molecular formula is C16H20O3S. The zero-order valence-electron chi connectivity index (χ0n) is 11.8. The summed E-state index contributed by atoms with van der Waals surface area (Å²) in [5, 5.41) is 9.36. The van der Waals surface area contributed by atoms with Gasteiger partial charge in [0.15, 0.2) is 0 Å². The Morgan fingerprint density at radius 2 is 2.15 bits per heavy atom. The lowest BCUT2D eigenvalue weighted by atomic mass is 9.85. The van der Waals surface area contributed by atoms with Gasteiger partial charge in [0.25, 0.3) is 0 Å². The third-order valence-corrected chi connectivity index (χ3v) is 4.57. The summed E-state index contributed by atoms with van der Waals surface area (Å²) in [5.41, 5.74) is 0.277. The standard InChI is InChI=1S/C16H20O3S/c1-11-6-3-4-7-12(11)10-19-13-8-5-9-14(20-2)15(13)16(17)18/h3-5,8-9,11-12H,6-7,10H2,1-2H3,(H,17,18). The van der Waals surface area contributed by atoms with Crippen molar-refractivity contribution in [1.82, 2.24) is 0 Å². The number of ether oxygens (including phenoxy) is 1. The molecule has 0 heterocycles. The van der Waals surface area contributed by atoms with Crippen LogP contribution in [-0.4, -0.2) is 23.9 Å². The minimum absolute atomic E-state index is 0.277. The molecule has 0 saturated heterocycles. The average Bonchev–Trinajstić information content (AvgIpc) is 2.45. The highest BCUT2D eigenvalue weighted by Crippen LogP contribution is 2.31. The zero-order valence-corrected chi connectivity index (χ0v) is 12.7. The van der Waals surface area contributed by atoms with Crippen molar-refractivity contribution in [2.24, 2.45) is 11.8 Å². The van der Waals surface area contributed by atoms with Crippen LogP contribution in [0.5, 0.6) is 5.75 Å². The SMILES string of the molecule is CSc1cccc(OCC2CC=CCC2C)c1C(=O)O. The van der Waals surface area contributed by atoms with Gasteiger partial charge in [0.05, 0.1) is 6.61 Å². The van der Waals surface area contributed by atoms with Crippen molar-refractivity contribution in [1.29, 1.82) is 0 Å². The van der Waals surface area contributed by atoms with Crippen LogP contribution in [0.15, 0.2) is 35.2 Å². The predicted molar refractivity (Wildman–Crippen MR) is 81.7 cm³/mol. The van der Waals surface area contributed by atoms with Crippen LogP contribution < -0.4 is 4.74 Å². The summed E-state index contributed by atoms with van der Waals surface area (Å²) < 4.78 is 5.82. The molecule has 1 aliphatic rings. The van der Waals surface area contributed by atoms with Crippen molar-refractivity contribution >= 4 is 17.7 Å². The van der Waals surface area contributed by atoms with Gasteiger partial charge in [0.2, 0.25) is 0 Å². The van der Waals surface area contributed by atoms with Crippen molar-refractivity contribution in [3.05, 3.63) is 35.9 Å². The van der Waals surface area contributed by atoms with Gasteiger partial charge >= 0.3 is 5.97 Å². The lowest BCUT2D eigenvalue weighted by Gasteiger charge is -2.25. The number of benzene rings is 1. The molecule has 2 unspecified atom stereocenters. The topological polar surface area (TPSA) is 46.5 Å². The van der Waals surface area contributed by atoms with E-state index in [9.17, 15) is 9.90 Å². The van der Waals surface area contributed by atoms with Gasteiger partial charge in [-0.1, -0.05) is 25.1 Å². The summed E-state index contributed by atoms with van der Waals surface area (Å²) in [6.45, 7) is 2.79. The fourth-order valence-electron chi connectivity index (χ4n) is 2.45. The second-order valence-electron chi connectivity index (χ2n) is 5.13. The minimum atomic E-state index is -0.929. The van der Waals surface area contributed by atoms with Gasteiger partial charge in [-0.25, -0.2) is 4.79 Å². The molecule has 108 valence electrons. The van der Waals surface area contributed by atoms with Crippen LogP contribution in [0.25, 0.3) is 0 Å². The van der Waals surface area contributed by atoms with Crippen molar-refractivity contribution < 1.29 is 14.6 Å². The third-order valence-electron chi connectivity index (χ3n) is 3.79. The second-order valence-corrected chi connectivity index (χ2v) is 5.98. The van der Waals surface area contributed by atoms with Gasteiger partial charge in [-0.05, 0) is 43.1 Å². The Morgan fingerprint density at radius 3 is 2.80 bits per heavy atom. The fourth-order valence-corrected chi connectivity index (χ4v) is 3.05. The Morgan fingerprint density at radius 1 is 1.40 bits per heavy atom. The summed E-state index contributed by atoms with van der Waals surface area (Å²) in [7, 11) is 0. The molecule has 2 atom stereocenters. The van der Waals surface area contributed by atoms with E-state index in [0.29, 0.717) is 24.2 Å². The summed E-state index contributed by atoms with van der Waals surface area (Å²) in [6.07, 6.45) is 8.35. The molecule has 0 saturated carbocycles. The molecule has 1 aromatic rings. The highest BCUT2D eigenvalue weighted by atomic mass is 32.2. The maximum atomic E-state index is 11.4. The number of carboxylic acids is 1. The Labute approximate surface area is 124 Å². The summed E-state index contributed by atoms with van der Waals surface area (Å²) in [5.74, 6) is 0.587. The van der Waals surface area contributed by atoms with E-state index >= 15 is 0 Å². The largest absolute Gasteiger partial charge is 0.492 e. The van der Waals surface area contributed by atoms with E-state index in [1.54, 1.807) is 6.07 Å². The van der Waals surface area contributed by atoms with Crippen molar-refractivity contribution in [3.63, 3.8) is 0 Å². The quantitative estimate of drug-likeness (QED) is 0.656. The van der Waals surface area contributed by atoms with Crippen LogP contribution in [0.3, 0.4) is 0 Å². The minimum Gasteiger partial charge on any atom is -0.492 e. The number of carboxylic acid groups (broad SMARTS) is 1. The van der Waals surface area contributed by atoms with Crippen LogP contribution in [0.4, 0.5) is 0 Å². The Kier molecular flexibility index (Phi) is 5.12. The Bertz CT molecular complexity index is 510. The molecule has 1 N–H and O–H groups in total. The number of thioether (sulfide) groups is 1. The van der Waals surface area contributed by atoms with Crippen LogP contribution in [0, 0.1) is 11.8 Å². The molecule has 1 aliphatic carbocycles. The molecule has 4 heteroatoms. The molecule has 0 radical (unpaired) electrons. The number of aromatic carboxylic acids is 1. The maximum absolute atomic E-state index is 11.4. The first-order valence-electron chi connectivity index (χ1n) is 6.81. The summed E-state index contributed by atoms with van der Waals surface area (Å²) in [6, 6.07) is 5.40. The molecule has 0 spiro atoms. The third kappa shape index (κ3) is 3.37. The van der Waals surface area contributed by atoms with Gasteiger partial charge in [-0.15, -0.1) is 11.8 Å². The van der Waals surface area contributed by atoms with E-state index in [1.807, 2.05) is 18.4 Å². The van der Waals surface area contributed by atoms with Gasteiger partial charge in [-0.3, -0.25) is 0 Å². The molecule has 0 bridgehead atoms. The molecule has 0 aromatic heterocycles. The molecule has 0 amide bonds.